The fourth-order valence-corrected chi connectivity index (χ4v) is 2.18. The minimum absolute atomic E-state index is 0.0910. The van der Waals surface area contributed by atoms with Crippen LogP contribution in [0.5, 0.6) is 0 Å². The van der Waals surface area contributed by atoms with E-state index in [2.05, 4.69) is 24.1 Å². The molecule has 4 heteroatoms. The lowest BCUT2D eigenvalue weighted by Gasteiger charge is -2.22. The van der Waals surface area contributed by atoms with Crippen molar-refractivity contribution in [1.29, 1.82) is 0 Å². The van der Waals surface area contributed by atoms with Crippen LogP contribution < -0.4 is 11.1 Å². The summed E-state index contributed by atoms with van der Waals surface area (Å²) in [5.41, 5.74) is 7.45. The molecule has 0 aliphatic rings. The lowest BCUT2D eigenvalue weighted by atomic mass is 9.95. The van der Waals surface area contributed by atoms with Gasteiger partial charge in [-0.2, -0.15) is 0 Å². The highest BCUT2D eigenvalue weighted by molar-refractivity contribution is 5.96. The third kappa shape index (κ3) is 3.45. The number of nitrogens with one attached hydrogen (secondary N) is 1. The van der Waals surface area contributed by atoms with Crippen molar-refractivity contribution in [1.82, 2.24) is 10.3 Å². The number of carbonyl (C=O) groups excluding carboxylic acids is 1. The maximum atomic E-state index is 12.2. The highest BCUT2D eigenvalue weighted by Gasteiger charge is 2.18. The van der Waals surface area contributed by atoms with Crippen LogP contribution in [0.2, 0.25) is 0 Å². The smallest absolute Gasteiger partial charge is 0.253 e. The Morgan fingerprint density at radius 3 is 2.61 bits per heavy atom. The Bertz CT molecular complexity index is 414. The second-order valence-corrected chi connectivity index (χ2v) is 4.74. The van der Waals surface area contributed by atoms with Gasteiger partial charge in [0.25, 0.3) is 5.91 Å². The Morgan fingerprint density at radius 2 is 2.06 bits per heavy atom. The van der Waals surface area contributed by atoms with Crippen LogP contribution >= 0.6 is 0 Å². The molecule has 0 fully saturated rings. The summed E-state index contributed by atoms with van der Waals surface area (Å²) in [5, 5.41) is 3.03. The molecule has 0 saturated heterocycles. The van der Waals surface area contributed by atoms with Crippen molar-refractivity contribution in [2.45, 2.75) is 46.6 Å². The number of aromatic nitrogens is 1. The Labute approximate surface area is 109 Å². The van der Waals surface area contributed by atoms with Crippen molar-refractivity contribution >= 4 is 11.6 Å². The summed E-state index contributed by atoms with van der Waals surface area (Å²) in [6, 6.07) is 1.84. The van der Waals surface area contributed by atoms with E-state index >= 15 is 0 Å². The zero-order valence-electron chi connectivity index (χ0n) is 11.7. The van der Waals surface area contributed by atoms with Crippen molar-refractivity contribution < 1.29 is 4.79 Å². The Kier molecular flexibility index (Phi) is 5.13. The van der Waals surface area contributed by atoms with Gasteiger partial charge in [0.1, 0.15) is 0 Å². The van der Waals surface area contributed by atoms with Gasteiger partial charge in [0.2, 0.25) is 0 Å². The number of nitrogens with two attached hydrogens (primary N) is 1. The molecule has 0 spiro atoms. The van der Waals surface area contributed by atoms with Crippen LogP contribution in [0.25, 0.3) is 0 Å². The van der Waals surface area contributed by atoms with Gasteiger partial charge in [0.05, 0.1) is 23.1 Å². The summed E-state index contributed by atoms with van der Waals surface area (Å²) in [6.07, 6.45) is 3.69. The number of rotatable bonds is 5. The maximum absolute atomic E-state index is 12.2. The molecule has 3 N–H and O–H groups in total. The third-order valence-electron chi connectivity index (χ3n) is 3.47. The maximum Gasteiger partial charge on any atom is 0.253 e. The predicted octanol–water partition coefficient (Wildman–Crippen LogP) is 2.53. The van der Waals surface area contributed by atoms with Gasteiger partial charge in [0, 0.05) is 6.04 Å². The predicted molar refractivity (Wildman–Crippen MR) is 74.4 cm³/mol. The van der Waals surface area contributed by atoms with E-state index in [0.717, 1.165) is 12.8 Å². The monoisotopic (exact) mass is 249 g/mol. The summed E-state index contributed by atoms with van der Waals surface area (Å²) >= 11 is 0. The summed E-state index contributed by atoms with van der Waals surface area (Å²) in [4.78, 5) is 16.3. The molecule has 18 heavy (non-hydrogen) atoms. The normalized spacial score (nSPS) is 12.5. The van der Waals surface area contributed by atoms with Crippen LogP contribution in [-0.2, 0) is 0 Å². The summed E-state index contributed by atoms with van der Waals surface area (Å²) in [6.45, 7) is 8.15. The van der Waals surface area contributed by atoms with E-state index in [-0.39, 0.29) is 11.9 Å². The average molecular weight is 249 g/mol. The van der Waals surface area contributed by atoms with Crippen molar-refractivity contribution in [3.8, 4) is 0 Å². The van der Waals surface area contributed by atoms with Crippen LogP contribution in [0, 0.1) is 12.8 Å². The van der Waals surface area contributed by atoms with Crippen LogP contribution in [-0.4, -0.2) is 16.9 Å². The van der Waals surface area contributed by atoms with E-state index in [1.165, 1.54) is 0 Å². The number of aryl methyl sites for hydroxylation is 1. The van der Waals surface area contributed by atoms with E-state index in [9.17, 15) is 4.79 Å². The lowest BCUT2D eigenvalue weighted by molar-refractivity contribution is 0.0924. The number of nitrogens with zero attached hydrogens (tertiary/aromatic N) is 1. The van der Waals surface area contributed by atoms with E-state index in [1.54, 1.807) is 12.3 Å². The summed E-state index contributed by atoms with van der Waals surface area (Å²) in [5.74, 6) is 0.412. The molecule has 1 aromatic heterocycles. The number of pyridine rings is 1. The van der Waals surface area contributed by atoms with E-state index in [4.69, 9.17) is 5.73 Å². The first-order chi connectivity index (χ1) is 8.49. The van der Waals surface area contributed by atoms with Gasteiger partial charge in [-0.15, -0.1) is 0 Å². The number of amides is 1. The SMILES string of the molecule is CCC(CC)C(C)NC(=O)c1cc(N)cnc1C. The van der Waals surface area contributed by atoms with Crippen LogP contribution in [0.4, 0.5) is 5.69 Å². The molecule has 1 unspecified atom stereocenters. The number of anilines is 1. The van der Waals surface area contributed by atoms with E-state index in [1.807, 2.05) is 13.8 Å². The molecule has 4 nitrogen and oxygen atoms in total. The molecular formula is C14H23N3O. The number of hydrogen-bond acceptors (Lipinski definition) is 3. The first-order valence-electron chi connectivity index (χ1n) is 6.52. The Morgan fingerprint density at radius 1 is 1.44 bits per heavy atom. The minimum atomic E-state index is -0.0910. The molecule has 100 valence electrons. The van der Waals surface area contributed by atoms with Crippen molar-refractivity contribution in [3.05, 3.63) is 23.5 Å². The van der Waals surface area contributed by atoms with Gasteiger partial charge >= 0.3 is 0 Å². The fourth-order valence-electron chi connectivity index (χ4n) is 2.18. The second kappa shape index (κ2) is 6.38. The molecule has 1 rings (SSSR count). The zero-order valence-corrected chi connectivity index (χ0v) is 11.7. The quantitative estimate of drug-likeness (QED) is 0.842. The Balaban J connectivity index is 2.79. The van der Waals surface area contributed by atoms with E-state index < -0.39 is 0 Å². The topological polar surface area (TPSA) is 68.0 Å². The van der Waals surface area contributed by atoms with Crippen molar-refractivity contribution in [2.75, 3.05) is 5.73 Å². The van der Waals surface area contributed by atoms with Crippen molar-refractivity contribution in [2.24, 2.45) is 5.92 Å². The first-order valence-corrected chi connectivity index (χ1v) is 6.52. The molecule has 0 radical (unpaired) electrons. The fraction of sp³-hybridized carbons (Fsp3) is 0.571. The van der Waals surface area contributed by atoms with Crippen LogP contribution in [0.1, 0.15) is 49.7 Å². The highest BCUT2D eigenvalue weighted by Crippen LogP contribution is 2.15. The zero-order chi connectivity index (χ0) is 13.7. The summed E-state index contributed by atoms with van der Waals surface area (Å²) < 4.78 is 0. The molecule has 1 atom stereocenters. The van der Waals surface area contributed by atoms with Crippen molar-refractivity contribution in [3.63, 3.8) is 0 Å². The molecule has 0 saturated carbocycles. The van der Waals surface area contributed by atoms with Gasteiger partial charge in [-0.1, -0.05) is 26.7 Å². The van der Waals surface area contributed by atoms with Gasteiger partial charge in [0.15, 0.2) is 0 Å². The number of nitrogen functional groups attached to an aromatic ring is 1. The first kappa shape index (κ1) is 14.5. The molecule has 0 aliphatic heterocycles. The van der Waals surface area contributed by atoms with E-state index in [0.29, 0.717) is 22.9 Å². The molecular weight excluding hydrogens is 226 g/mol. The third-order valence-corrected chi connectivity index (χ3v) is 3.47. The molecule has 1 amide bonds. The molecule has 0 bridgehead atoms. The Hall–Kier alpha value is -1.58. The largest absolute Gasteiger partial charge is 0.397 e. The van der Waals surface area contributed by atoms with Gasteiger partial charge in [-0.05, 0) is 25.8 Å². The van der Waals surface area contributed by atoms with Gasteiger partial charge in [-0.25, -0.2) is 0 Å². The van der Waals surface area contributed by atoms with Gasteiger partial charge < -0.3 is 11.1 Å². The van der Waals surface area contributed by atoms with Gasteiger partial charge in [-0.3, -0.25) is 9.78 Å². The summed E-state index contributed by atoms with van der Waals surface area (Å²) in [7, 11) is 0. The minimum Gasteiger partial charge on any atom is -0.397 e. The lowest BCUT2D eigenvalue weighted by Crippen LogP contribution is -2.38. The molecule has 0 aromatic carbocycles. The average Bonchev–Trinajstić information content (AvgIpc) is 2.33. The number of carbonyl (C=O) groups is 1. The molecule has 0 aliphatic carbocycles. The molecule has 1 aromatic rings. The number of hydrogen-bond donors (Lipinski definition) is 2. The van der Waals surface area contributed by atoms with Crippen LogP contribution in [0.15, 0.2) is 12.3 Å². The molecule has 1 heterocycles. The van der Waals surface area contributed by atoms with Crippen LogP contribution in [0.3, 0.4) is 0 Å². The second-order valence-electron chi connectivity index (χ2n) is 4.74. The highest BCUT2D eigenvalue weighted by atomic mass is 16.1. The standard InChI is InChI=1S/C14H23N3O/c1-5-11(6-2)9(3)17-14(18)13-7-12(15)8-16-10(13)4/h7-9,11H,5-6,15H2,1-4H3,(H,17,18).